The van der Waals surface area contributed by atoms with Gasteiger partial charge in [-0.3, -0.25) is 24.1 Å². The summed E-state index contributed by atoms with van der Waals surface area (Å²) in [5.74, 6) is -6.30. The number of ketones is 2. The van der Waals surface area contributed by atoms with E-state index in [1.54, 1.807) is 44.1 Å². The first-order valence-corrected chi connectivity index (χ1v) is 14.8. The second kappa shape index (κ2) is 11.2. The number of phenols is 3. The van der Waals surface area contributed by atoms with E-state index in [0.717, 1.165) is 6.08 Å². The molecule has 47 heavy (non-hydrogen) atoms. The maximum Gasteiger partial charge on any atom is 0.255 e. The molecule has 246 valence electrons. The van der Waals surface area contributed by atoms with Gasteiger partial charge in [0, 0.05) is 37.3 Å². The molecule has 1 spiro atoms. The molecule has 4 atom stereocenters. The van der Waals surface area contributed by atoms with Crippen molar-refractivity contribution in [1.82, 2.24) is 4.90 Å². The second-order valence-electron chi connectivity index (χ2n) is 12.4. The summed E-state index contributed by atoms with van der Waals surface area (Å²) >= 11 is 0. The number of fused-ring (bicyclic) bond motifs is 2. The molecule has 0 unspecified atom stereocenters. The largest absolute Gasteiger partial charge is 0.507 e. The predicted molar refractivity (Wildman–Crippen MR) is 168 cm³/mol. The first-order valence-electron chi connectivity index (χ1n) is 14.8. The monoisotopic (exact) mass is 646 g/mol. The van der Waals surface area contributed by atoms with E-state index in [9.17, 15) is 39.6 Å². The van der Waals surface area contributed by atoms with Crippen LogP contribution in [0.4, 0.5) is 11.4 Å². The molecule has 3 aliphatic carbocycles. The van der Waals surface area contributed by atoms with Crippen LogP contribution < -0.4 is 16.0 Å². The molecule has 2 aromatic rings. The van der Waals surface area contributed by atoms with Crippen LogP contribution in [0.3, 0.4) is 0 Å². The summed E-state index contributed by atoms with van der Waals surface area (Å²) in [4.78, 5) is 56.9. The Kier molecular flexibility index (Phi) is 7.52. The molecule has 0 radical (unpaired) electrons. The molecular weight excluding hydrogens is 612 g/mol. The van der Waals surface area contributed by atoms with Gasteiger partial charge in [0.25, 0.3) is 5.91 Å². The number of likely N-dealkylation sites (N-methyl/N-ethyl adjacent to an activating group) is 1. The molecular formula is C33H34N4O10. The normalized spacial score (nSPS) is 24.9. The third kappa shape index (κ3) is 4.70. The summed E-state index contributed by atoms with van der Waals surface area (Å²) in [5.41, 5.74) is 4.60. The number of aliphatic hydroxyl groups is 1. The maximum absolute atomic E-state index is 14.6. The number of rotatable bonds is 6. The van der Waals surface area contributed by atoms with Gasteiger partial charge in [-0.25, -0.2) is 0 Å². The summed E-state index contributed by atoms with van der Waals surface area (Å²) < 4.78 is 11.6. The van der Waals surface area contributed by atoms with Gasteiger partial charge in [-0.2, -0.15) is 0 Å². The maximum atomic E-state index is 14.6. The number of nitrogens with zero attached hydrogens (tertiary/aromatic N) is 2. The molecule has 1 saturated carbocycles. The average molecular weight is 647 g/mol. The van der Waals surface area contributed by atoms with Crippen LogP contribution in [0.15, 0.2) is 47.2 Å². The molecule has 7 N–H and O–H groups in total. The summed E-state index contributed by atoms with van der Waals surface area (Å²) in [6.07, 6.45) is 2.94. The van der Waals surface area contributed by atoms with Crippen molar-refractivity contribution in [3.8, 4) is 17.2 Å². The third-order valence-corrected chi connectivity index (χ3v) is 9.30. The number of aliphatic hydroxyl groups excluding tert-OH is 1. The highest BCUT2D eigenvalue weighted by Crippen LogP contribution is 2.57. The van der Waals surface area contributed by atoms with Gasteiger partial charge in [0.2, 0.25) is 11.7 Å². The van der Waals surface area contributed by atoms with Crippen molar-refractivity contribution in [2.45, 2.75) is 24.5 Å². The molecule has 2 amide bonds. The summed E-state index contributed by atoms with van der Waals surface area (Å²) in [6.45, 7) is -0.416. The Morgan fingerprint density at radius 3 is 2.43 bits per heavy atom. The predicted octanol–water partition coefficient (Wildman–Crippen LogP) is 1.55. The minimum absolute atomic E-state index is 0.0477. The van der Waals surface area contributed by atoms with Gasteiger partial charge in [0.1, 0.15) is 17.1 Å². The Hall–Kier alpha value is -5.34. The summed E-state index contributed by atoms with van der Waals surface area (Å²) in [6, 6.07) is 4.62. The van der Waals surface area contributed by atoms with Crippen LogP contribution in [0.25, 0.3) is 11.8 Å². The molecule has 0 bridgehead atoms. The van der Waals surface area contributed by atoms with Crippen LogP contribution in [0.5, 0.6) is 17.2 Å². The smallest absolute Gasteiger partial charge is 0.255 e. The molecule has 1 heterocycles. The Labute approximate surface area is 269 Å². The van der Waals surface area contributed by atoms with E-state index in [1.807, 2.05) is 0 Å². The van der Waals surface area contributed by atoms with E-state index in [2.05, 4.69) is 5.32 Å². The van der Waals surface area contributed by atoms with E-state index < -0.39 is 70.7 Å². The van der Waals surface area contributed by atoms with Gasteiger partial charge in [-0.15, -0.1) is 0 Å². The number of ether oxygens (including phenoxy) is 2. The number of anilines is 2. The fourth-order valence-corrected chi connectivity index (χ4v) is 7.33. The van der Waals surface area contributed by atoms with E-state index in [-0.39, 0.29) is 46.9 Å². The highest BCUT2D eigenvalue weighted by molar-refractivity contribution is 6.25. The lowest BCUT2D eigenvalue weighted by Crippen LogP contribution is -2.65. The van der Waals surface area contributed by atoms with Crippen molar-refractivity contribution in [2.75, 3.05) is 45.2 Å². The first kappa shape index (κ1) is 31.6. The SMILES string of the molecule is CN(C)c1cc(NC(=O)/C=C/c2ccc(O)c(O)c2)c(O)c2c1C[C@H]1C[C@H]3[C@H](N(C)C)C(=O)C(C(N)=O)=C4OCO[C@@]43C(=O)C1=C2O. The standard InChI is InChI=1S/C33H34N4O10/c1-36(2)19-12-18(35-22(40)8-6-14-5-7-20(38)21(39)9-14)27(41)24-16(19)10-15-11-17-26(37(3)4)29(43)25(32(34)45)31-33(17,47-13-46-31)30(44)23(15)28(24)42/h5-9,12,15,17,26,38-39,41-42H,10-11,13H2,1-4H3,(H2,34,45)(H,35,40)/b8-6+/t15-,17-,26-,33-/m0/s1. The zero-order valence-electron chi connectivity index (χ0n) is 26.0. The van der Waals surface area contributed by atoms with Gasteiger partial charge in [0.15, 0.2) is 35.4 Å². The van der Waals surface area contributed by atoms with Gasteiger partial charge < -0.3 is 45.9 Å². The Morgan fingerprint density at radius 2 is 1.79 bits per heavy atom. The number of benzene rings is 2. The van der Waals surface area contributed by atoms with Gasteiger partial charge in [0.05, 0.1) is 17.3 Å². The molecule has 14 heteroatoms. The van der Waals surface area contributed by atoms with Gasteiger partial charge in [-0.05, 0) is 68.3 Å². The van der Waals surface area contributed by atoms with Crippen molar-refractivity contribution >= 4 is 46.6 Å². The molecule has 6 rings (SSSR count). The van der Waals surface area contributed by atoms with Crippen LogP contribution in [0.1, 0.15) is 23.1 Å². The topological polar surface area (TPSA) is 212 Å². The number of hydrogen-bond acceptors (Lipinski definition) is 12. The molecule has 14 nitrogen and oxygen atoms in total. The Morgan fingerprint density at radius 1 is 1.06 bits per heavy atom. The number of Topliss-reactive ketones (excluding diaryl/α,β-unsaturated/α-hetero) is 2. The number of amides is 2. The third-order valence-electron chi connectivity index (χ3n) is 9.30. The molecule has 2 aromatic carbocycles. The number of carbonyl (C=O) groups excluding carboxylic acids is 4. The lowest BCUT2D eigenvalue weighted by Gasteiger charge is -2.50. The molecule has 1 saturated heterocycles. The minimum atomic E-state index is -1.90. The minimum Gasteiger partial charge on any atom is -0.507 e. The fraction of sp³-hybridized carbons (Fsp3) is 0.333. The van der Waals surface area contributed by atoms with Crippen molar-refractivity contribution < 1.29 is 49.1 Å². The van der Waals surface area contributed by atoms with Crippen molar-refractivity contribution in [3.05, 3.63) is 63.9 Å². The zero-order chi connectivity index (χ0) is 34.1. The first-order chi connectivity index (χ1) is 22.2. The van der Waals surface area contributed by atoms with E-state index >= 15 is 0 Å². The number of hydrogen-bond donors (Lipinski definition) is 6. The molecule has 1 aliphatic heterocycles. The number of carbonyl (C=O) groups is 4. The van der Waals surface area contributed by atoms with E-state index in [4.69, 9.17) is 15.2 Å². The highest BCUT2D eigenvalue weighted by atomic mass is 16.7. The van der Waals surface area contributed by atoms with Crippen molar-refractivity contribution in [1.29, 1.82) is 0 Å². The van der Waals surface area contributed by atoms with Crippen LogP contribution in [0, 0.1) is 11.8 Å². The summed E-state index contributed by atoms with van der Waals surface area (Å²) in [5, 5.41) is 45.1. The van der Waals surface area contributed by atoms with Crippen molar-refractivity contribution in [2.24, 2.45) is 17.6 Å². The van der Waals surface area contributed by atoms with Crippen LogP contribution in [0.2, 0.25) is 0 Å². The van der Waals surface area contributed by atoms with Crippen molar-refractivity contribution in [3.63, 3.8) is 0 Å². The lowest BCUT2D eigenvalue weighted by atomic mass is 9.57. The van der Waals surface area contributed by atoms with Crippen LogP contribution in [-0.2, 0) is 35.1 Å². The quantitative estimate of drug-likeness (QED) is 0.150. The Balaban J connectivity index is 1.45. The highest BCUT2D eigenvalue weighted by Gasteiger charge is 2.68. The number of aromatic hydroxyl groups is 3. The molecule has 0 aromatic heterocycles. The lowest BCUT2D eigenvalue weighted by molar-refractivity contribution is -0.152. The second-order valence-corrected chi connectivity index (χ2v) is 12.4. The van der Waals surface area contributed by atoms with Gasteiger partial charge in [-0.1, -0.05) is 6.07 Å². The van der Waals surface area contributed by atoms with E-state index in [1.165, 1.54) is 24.3 Å². The summed E-state index contributed by atoms with van der Waals surface area (Å²) in [7, 11) is 6.81. The van der Waals surface area contributed by atoms with E-state index in [0.29, 0.717) is 16.8 Å². The number of phenolic OH excluding ortho intramolecular Hbond substituents is 3. The number of primary amides is 1. The molecule has 2 fully saturated rings. The number of nitrogens with one attached hydrogen (secondary N) is 1. The van der Waals surface area contributed by atoms with Crippen LogP contribution >= 0.6 is 0 Å². The van der Waals surface area contributed by atoms with Crippen LogP contribution in [-0.4, -0.2) is 95.3 Å². The number of nitrogens with two attached hydrogens (primary N) is 1. The zero-order valence-corrected chi connectivity index (χ0v) is 26.0. The fourth-order valence-electron chi connectivity index (χ4n) is 7.33. The average Bonchev–Trinajstić information content (AvgIpc) is 3.43. The molecule has 4 aliphatic rings. The van der Waals surface area contributed by atoms with Gasteiger partial charge >= 0.3 is 0 Å². The Bertz CT molecular complexity index is 1860.